The van der Waals surface area contributed by atoms with Crippen LogP contribution in [0, 0.1) is 26.6 Å². The van der Waals surface area contributed by atoms with E-state index in [1.54, 1.807) is 11.0 Å². The molecule has 2 aromatic heterocycles. The fourth-order valence-corrected chi connectivity index (χ4v) is 3.43. The highest BCUT2D eigenvalue weighted by Gasteiger charge is 2.16. The summed E-state index contributed by atoms with van der Waals surface area (Å²) in [7, 11) is 0. The molecule has 0 unspecified atom stereocenters. The van der Waals surface area contributed by atoms with Gasteiger partial charge in [-0.25, -0.2) is 13.9 Å². The number of halogens is 1. The zero-order valence-corrected chi connectivity index (χ0v) is 16.3. The monoisotopic (exact) mass is 368 g/mol. The Morgan fingerprint density at radius 3 is 2.70 bits per heavy atom. The van der Waals surface area contributed by atoms with E-state index in [0.29, 0.717) is 25.9 Å². The van der Waals surface area contributed by atoms with E-state index in [9.17, 15) is 9.18 Å². The highest BCUT2D eigenvalue weighted by Crippen LogP contribution is 2.18. The molecule has 1 amide bonds. The highest BCUT2D eigenvalue weighted by atomic mass is 19.1. The number of aryl methyl sites for hydroxylation is 3. The van der Waals surface area contributed by atoms with Crippen LogP contribution in [0.1, 0.15) is 41.6 Å². The SMILES string of the molecule is CCN(Cc1cccc(F)c1)C(=O)CCc1c(C)nc2cc(C)nn2c1C. The van der Waals surface area contributed by atoms with Gasteiger partial charge in [-0.1, -0.05) is 12.1 Å². The van der Waals surface area contributed by atoms with Gasteiger partial charge in [0.25, 0.3) is 0 Å². The minimum atomic E-state index is -0.281. The molecule has 2 heterocycles. The number of rotatable bonds is 6. The summed E-state index contributed by atoms with van der Waals surface area (Å²) in [5.74, 6) is -0.228. The van der Waals surface area contributed by atoms with Gasteiger partial charge in [0.2, 0.25) is 5.91 Å². The molecular weight excluding hydrogens is 343 g/mol. The third kappa shape index (κ3) is 4.15. The van der Waals surface area contributed by atoms with Crippen LogP contribution in [0.3, 0.4) is 0 Å². The number of fused-ring (bicyclic) bond motifs is 1. The Kier molecular flexibility index (Phi) is 5.54. The molecule has 0 fully saturated rings. The summed E-state index contributed by atoms with van der Waals surface area (Å²) < 4.78 is 15.2. The lowest BCUT2D eigenvalue weighted by Gasteiger charge is -2.21. The van der Waals surface area contributed by atoms with E-state index in [1.165, 1.54) is 12.1 Å². The molecule has 6 heteroatoms. The molecule has 0 radical (unpaired) electrons. The first-order valence-electron chi connectivity index (χ1n) is 9.23. The average molecular weight is 368 g/mol. The maximum atomic E-state index is 13.4. The molecule has 27 heavy (non-hydrogen) atoms. The van der Waals surface area contributed by atoms with E-state index in [4.69, 9.17) is 0 Å². The molecule has 3 rings (SSSR count). The van der Waals surface area contributed by atoms with Crippen molar-refractivity contribution >= 4 is 11.6 Å². The van der Waals surface area contributed by atoms with E-state index in [0.717, 1.165) is 33.9 Å². The number of hydrogen-bond donors (Lipinski definition) is 0. The number of carbonyl (C=O) groups is 1. The van der Waals surface area contributed by atoms with Crippen LogP contribution in [0.2, 0.25) is 0 Å². The predicted octanol–water partition coefficient (Wildman–Crippen LogP) is 3.77. The van der Waals surface area contributed by atoms with Crippen molar-refractivity contribution in [3.8, 4) is 0 Å². The molecule has 0 saturated heterocycles. The Morgan fingerprint density at radius 2 is 2.00 bits per heavy atom. The third-order valence-electron chi connectivity index (χ3n) is 4.87. The van der Waals surface area contributed by atoms with Crippen LogP contribution in [-0.4, -0.2) is 31.9 Å². The Hall–Kier alpha value is -2.76. The van der Waals surface area contributed by atoms with Crippen molar-refractivity contribution in [2.24, 2.45) is 0 Å². The minimum Gasteiger partial charge on any atom is -0.339 e. The molecule has 0 aliphatic rings. The van der Waals surface area contributed by atoms with Gasteiger partial charge in [0.05, 0.1) is 5.69 Å². The second-order valence-electron chi connectivity index (χ2n) is 6.85. The lowest BCUT2D eigenvalue weighted by Crippen LogP contribution is -2.30. The van der Waals surface area contributed by atoms with Gasteiger partial charge in [0.1, 0.15) is 5.82 Å². The first kappa shape index (κ1) is 19.0. The quantitative estimate of drug-likeness (QED) is 0.665. The zero-order chi connectivity index (χ0) is 19.6. The molecule has 0 spiro atoms. The van der Waals surface area contributed by atoms with Crippen LogP contribution in [0.4, 0.5) is 4.39 Å². The molecular formula is C21H25FN4O. The summed E-state index contributed by atoms with van der Waals surface area (Å²) in [5, 5.41) is 4.48. The molecule has 0 saturated carbocycles. The van der Waals surface area contributed by atoms with Crippen molar-refractivity contribution in [1.29, 1.82) is 0 Å². The van der Waals surface area contributed by atoms with Crippen molar-refractivity contribution in [2.45, 2.75) is 47.1 Å². The molecule has 0 atom stereocenters. The maximum absolute atomic E-state index is 13.4. The Bertz CT molecular complexity index is 980. The molecule has 0 aliphatic heterocycles. The van der Waals surface area contributed by atoms with E-state index < -0.39 is 0 Å². The van der Waals surface area contributed by atoms with E-state index in [-0.39, 0.29) is 11.7 Å². The van der Waals surface area contributed by atoms with Crippen molar-refractivity contribution in [3.63, 3.8) is 0 Å². The molecule has 0 aliphatic carbocycles. The van der Waals surface area contributed by atoms with Crippen LogP contribution in [0.15, 0.2) is 30.3 Å². The van der Waals surface area contributed by atoms with Crippen molar-refractivity contribution in [2.75, 3.05) is 6.54 Å². The summed E-state index contributed by atoms with van der Waals surface area (Å²) in [6.45, 7) is 8.87. The van der Waals surface area contributed by atoms with Crippen molar-refractivity contribution in [3.05, 3.63) is 64.4 Å². The zero-order valence-electron chi connectivity index (χ0n) is 16.3. The summed E-state index contributed by atoms with van der Waals surface area (Å²) >= 11 is 0. The molecule has 1 aromatic carbocycles. The summed E-state index contributed by atoms with van der Waals surface area (Å²) in [6, 6.07) is 8.34. The van der Waals surface area contributed by atoms with Gasteiger partial charge in [0, 0.05) is 37.0 Å². The number of nitrogens with zero attached hydrogens (tertiary/aromatic N) is 4. The lowest BCUT2D eigenvalue weighted by molar-refractivity contribution is -0.131. The smallest absolute Gasteiger partial charge is 0.223 e. The predicted molar refractivity (Wildman–Crippen MR) is 103 cm³/mol. The molecule has 0 N–H and O–H groups in total. The van der Waals surface area contributed by atoms with Gasteiger partial charge >= 0.3 is 0 Å². The highest BCUT2D eigenvalue weighted by molar-refractivity contribution is 5.76. The molecule has 0 bridgehead atoms. The topological polar surface area (TPSA) is 50.5 Å². The summed E-state index contributed by atoms with van der Waals surface area (Å²) in [6.07, 6.45) is 0.996. The Labute approximate surface area is 158 Å². The lowest BCUT2D eigenvalue weighted by atomic mass is 10.1. The minimum absolute atomic E-state index is 0.0531. The molecule has 142 valence electrons. The van der Waals surface area contributed by atoms with Crippen molar-refractivity contribution < 1.29 is 9.18 Å². The fraction of sp³-hybridized carbons (Fsp3) is 0.381. The van der Waals surface area contributed by atoms with E-state index in [2.05, 4.69) is 10.1 Å². The van der Waals surface area contributed by atoms with Gasteiger partial charge in [-0.2, -0.15) is 5.10 Å². The summed E-state index contributed by atoms with van der Waals surface area (Å²) in [4.78, 5) is 19.1. The second kappa shape index (κ2) is 7.86. The van der Waals surface area contributed by atoms with Crippen molar-refractivity contribution in [1.82, 2.24) is 19.5 Å². The van der Waals surface area contributed by atoms with Gasteiger partial charge in [0.15, 0.2) is 5.65 Å². The molecule has 3 aromatic rings. The second-order valence-corrected chi connectivity index (χ2v) is 6.85. The van der Waals surface area contributed by atoms with Gasteiger partial charge in [-0.15, -0.1) is 0 Å². The van der Waals surface area contributed by atoms with Gasteiger partial charge < -0.3 is 4.90 Å². The summed E-state index contributed by atoms with van der Waals surface area (Å²) in [5.41, 5.74) is 5.56. The van der Waals surface area contributed by atoms with Gasteiger partial charge in [-0.3, -0.25) is 4.79 Å². The third-order valence-corrected chi connectivity index (χ3v) is 4.87. The van der Waals surface area contributed by atoms with Gasteiger partial charge in [-0.05, 0) is 57.4 Å². The average Bonchev–Trinajstić information content (AvgIpc) is 2.99. The Balaban J connectivity index is 1.73. The van der Waals surface area contributed by atoms with Crippen LogP contribution in [0.5, 0.6) is 0 Å². The number of benzene rings is 1. The first-order valence-corrected chi connectivity index (χ1v) is 9.23. The standard InChI is InChI=1S/C21H25FN4O/c1-5-25(13-17-7-6-8-18(22)12-17)21(27)10-9-19-15(3)23-20-11-14(2)24-26(20)16(19)4/h6-8,11-12H,5,9-10,13H2,1-4H3. The van der Waals surface area contributed by atoms with Crippen LogP contribution in [-0.2, 0) is 17.8 Å². The van der Waals surface area contributed by atoms with Crippen LogP contribution < -0.4 is 0 Å². The number of aromatic nitrogens is 3. The van der Waals surface area contributed by atoms with Crippen LogP contribution >= 0.6 is 0 Å². The maximum Gasteiger partial charge on any atom is 0.223 e. The Morgan fingerprint density at radius 1 is 1.22 bits per heavy atom. The van der Waals surface area contributed by atoms with E-state index in [1.807, 2.05) is 44.3 Å². The number of hydrogen-bond acceptors (Lipinski definition) is 3. The normalized spacial score (nSPS) is 11.1. The first-order chi connectivity index (χ1) is 12.9. The number of amides is 1. The van der Waals surface area contributed by atoms with E-state index >= 15 is 0 Å². The van der Waals surface area contributed by atoms with Crippen LogP contribution in [0.25, 0.3) is 5.65 Å². The largest absolute Gasteiger partial charge is 0.339 e. The fourth-order valence-electron chi connectivity index (χ4n) is 3.43. The number of carbonyl (C=O) groups excluding carboxylic acids is 1. The molecule has 5 nitrogen and oxygen atoms in total.